The molecule has 0 bridgehead atoms. The number of primary amides is 1. The predicted octanol–water partition coefficient (Wildman–Crippen LogP) is 3.79. The molecule has 2 amide bonds. The molecule has 0 unspecified atom stereocenters. The van der Waals surface area contributed by atoms with Crippen molar-refractivity contribution in [3.05, 3.63) is 44.9 Å². The summed E-state index contributed by atoms with van der Waals surface area (Å²) in [6, 6.07) is 1.24. The topological polar surface area (TPSA) is 121 Å². The van der Waals surface area contributed by atoms with Crippen LogP contribution in [0.3, 0.4) is 0 Å². The van der Waals surface area contributed by atoms with Crippen LogP contribution in [0.5, 0.6) is 0 Å². The van der Waals surface area contributed by atoms with Crippen LogP contribution in [0, 0.1) is 6.92 Å². The van der Waals surface area contributed by atoms with Crippen molar-refractivity contribution in [1.82, 2.24) is 24.5 Å². The van der Waals surface area contributed by atoms with E-state index in [1.54, 1.807) is 31.9 Å². The highest BCUT2D eigenvalue weighted by Gasteiger charge is 2.27. The van der Waals surface area contributed by atoms with Crippen LogP contribution in [0.25, 0.3) is 21.3 Å². The Morgan fingerprint density at radius 2 is 2.00 bits per heavy atom. The molecule has 0 aliphatic heterocycles. The van der Waals surface area contributed by atoms with Crippen molar-refractivity contribution in [3.63, 3.8) is 0 Å². The second-order valence-electron chi connectivity index (χ2n) is 6.97. The second-order valence-corrected chi connectivity index (χ2v) is 8.82. The highest BCUT2D eigenvalue weighted by atomic mass is 79.9. The molecule has 9 nitrogen and oxygen atoms in total. The van der Waals surface area contributed by atoms with E-state index in [1.165, 1.54) is 16.9 Å². The molecule has 0 spiro atoms. The van der Waals surface area contributed by atoms with Crippen LogP contribution in [0.15, 0.2) is 22.9 Å². The number of nitrogens with one attached hydrogen (secondary N) is 1. The second kappa shape index (κ2) is 8.06. The zero-order valence-corrected chi connectivity index (χ0v) is 19.4. The van der Waals surface area contributed by atoms with Crippen molar-refractivity contribution in [1.29, 1.82) is 0 Å². The van der Waals surface area contributed by atoms with Crippen molar-refractivity contribution in [2.75, 3.05) is 5.32 Å². The number of thiophene rings is 1. The Morgan fingerprint density at radius 1 is 1.28 bits per heavy atom. The fraction of sp³-hybridized carbons (Fsp3) is 0.211. The number of nitrogens with two attached hydrogens (primary N) is 1. The number of carbonyl (C=O) groups is 2. The van der Waals surface area contributed by atoms with Gasteiger partial charge in [-0.05, 0) is 34.5 Å². The highest BCUT2D eigenvalue weighted by molar-refractivity contribution is 9.10. The monoisotopic (exact) mass is 523 g/mol. The van der Waals surface area contributed by atoms with Gasteiger partial charge >= 0.3 is 0 Å². The molecular formula is C19H16BrF2N7O2S. The van der Waals surface area contributed by atoms with Crippen LogP contribution in [-0.4, -0.2) is 36.4 Å². The minimum atomic E-state index is -2.84. The van der Waals surface area contributed by atoms with Gasteiger partial charge in [-0.3, -0.25) is 19.0 Å². The number of anilines is 1. The predicted molar refractivity (Wildman–Crippen MR) is 119 cm³/mol. The zero-order valence-electron chi connectivity index (χ0n) is 17.0. The summed E-state index contributed by atoms with van der Waals surface area (Å²) in [5, 5.41) is 11.3. The lowest BCUT2D eigenvalue weighted by atomic mass is 10.0. The first-order valence-electron chi connectivity index (χ1n) is 9.13. The number of nitrogens with zero attached hydrogens (tertiary/aromatic N) is 5. The van der Waals surface area contributed by atoms with Crippen molar-refractivity contribution in [2.45, 2.75) is 13.3 Å². The van der Waals surface area contributed by atoms with Crippen LogP contribution < -0.4 is 11.1 Å². The molecule has 3 N–H and O–H groups in total. The third kappa shape index (κ3) is 3.66. The Kier molecular flexibility index (Phi) is 5.54. The largest absolute Gasteiger partial charge is 0.365 e. The summed E-state index contributed by atoms with van der Waals surface area (Å²) in [5.74, 6) is -1.38. The van der Waals surface area contributed by atoms with Gasteiger partial charge in [-0.2, -0.15) is 10.2 Å². The molecule has 0 aliphatic carbocycles. The maximum atomic E-state index is 13.6. The molecule has 4 heterocycles. The maximum Gasteiger partial charge on any atom is 0.280 e. The lowest BCUT2D eigenvalue weighted by Crippen LogP contribution is -2.19. The van der Waals surface area contributed by atoms with Crippen LogP contribution >= 0.6 is 27.3 Å². The molecule has 0 atom stereocenters. The Morgan fingerprint density at radius 3 is 2.53 bits per heavy atom. The summed E-state index contributed by atoms with van der Waals surface area (Å²) in [6.07, 6.45) is 0.290. The fourth-order valence-corrected chi connectivity index (χ4v) is 4.98. The van der Waals surface area contributed by atoms with Crippen molar-refractivity contribution in [2.24, 2.45) is 19.8 Å². The molecular weight excluding hydrogens is 508 g/mol. The van der Waals surface area contributed by atoms with Crippen molar-refractivity contribution in [3.8, 4) is 11.1 Å². The number of halogens is 3. The molecule has 32 heavy (non-hydrogen) atoms. The van der Waals surface area contributed by atoms with Crippen molar-refractivity contribution < 1.29 is 18.4 Å². The van der Waals surface area contributed by atoms with E-state index < -0.39 is 23.9 Å². The number of aryl methyl sites for hydroxylation is 3. The van der Waals surface area contributed by atoms with E-state index in [1.807, 2.05) is 0 Å². The number of amides is 2. The van der Waals surface area contributed by atoms with Gasteiger partial charge in [-0.15, -0.1) is 11.3 Å². The highest BCUT2D eigenvalue weighted by Crippen LogP contribution is 2.43. The van der Waals surface area contributed by atoms with E-state index in [4.69, 9.17) is 5.73 Å². The van der Waals surface area contributed by atoms with Gasteiger partial charge in [0.25, 0.3) is 18.2 Å². The molecule has 4 rings (SSSR count). The van der Waals surface area contributed by atoms with Crippen molar-refractivity contribution >= 4 is 55.0 Å². The lowest BCUT2D eigenvalue weighted by Gasteiger charge is -2.11. The van der Waals surface area contributed by atoms with E-state index in [9.17, 15) is 18.4 Å². The molecule has 0 saturated heterocycles. The molecule has 0 radical (unpaired) electrons. The Balaban J connectivity index is 2.01. The first-order valence-corrected chi connectivity index (χ1v) is 10.7. The molecule has 13 heteroatoms. The third-order valence-corrected chi connectivity index (χ3v) is 6.46. The molecule has 0 fully saturated rings. The Hall–Kier alpha value is -3.19. The van der Waals surface area contributed by atoms with E-state index in [0.717, 1.165) is 11.3 Å². The van der Waals surface area contributed by atoms with Crippen LogP contribution in [0.1, 0.15) is 38.0 Å². The number of carbonyl (C=O) groups excluding carboxylic acids is 2. The number of pyridine rings is 1. The first-order chi connectivity index (χ1) is 15.1. The van der Waals surface area contributed by atoms with Gasteiger partial charge in [0, 0.05) is 31.2 Å². The summed E-state index contributed by atoms with van der Waals surface area (Å²) >= 11 is 4.11. The molecule has 0 aromatic carbocycles. The maximum absolute atomic E-state index is 13.6. The average molecular weight is 524 g/mol. The normalized spacial score (nSPS) is 11.5. The number of fused-ring (bicyclic) bond motifs is 1. The van der Waals surface area contributed by atoms with E-state index in [0.29, 0.717) is 26.7 Å². The minimum Gasteiger partial charge on any atom is -0.365 e. The fourth-order valence-electron chi connectivity index (χ4n) is 3.44. The van der Waals surface area contributed by atoms with Crippen LogP contribution in [0.2, 0.25) is 0 Å². The number of rotatable bonds is 5. The van der Waals surface area contributed by atoms with Gasteiger partial charge < -0.3 is 11.1 Å². The van der Waals surface area contributed by atoms with Gasteiger partial charge in [0.15, 0.2) is 0 Å². The average Bonchev–Trinajstić information content (AvgIpc) is 3.35. The number of hydrogen-bond donors (Lipinski definition) is 2. The molecule has 0 saturated carbocycles. The first kappa shape index (κ1) is 22.0. The van der Waals surface area contributed by atoms with Gasteiger partial charge in [0.2, 0.25) is 0 Å². The lowest BCUT2D eigenvalue weighted by molar-refractivity contribution is 0.100. The minimum absolute atomic E-state index is 0.00616. The summed E-state index contributed by atoms with van der Waals surface area (Å²) in [4.78, 5) is 29.4. The molecule has 4 aromatic rings. The van der Waals surface area contributed by atoms with Gasteiger partial charge in [-0.1, -0.05) is 0 Å². The summed E-state index contributed by atoms with van der Waals surface area (Å²) in [7, 11) is 3.29. The molecule has 0 aliphatic rings. The van der Waals surface area contributed by atoms with E-state index in [2.05, 4.69) is 36.4 Å². The third-order valence-electron chi connectivity index (χ3n) is 4.78. The van der Waals surface area contributed by atoms with Crippen LogP contribution in [0.4, 0.5) is 14.5 Å². The number of aromatic nitrogens is 5. The smallest absolute Gasteiger partial charge is 0.280 e. The number of alkyl halides is 2. The van der Waals surface area contributed by atoms with E-state index in [-0.39, 0.29) is 21.1 Å². The summed E-state index contributed by atoms with van der Waals surface area (Å²) in [6.45, 7) is 1.73. The SMILES string of the molecule is Cc1nn(C)cc1-c1cc(C(F)F)nc2sc(C(N)=O)c(NC(=O)c3c(Br)cnn3C)c12. The quantitative estimate of drug-likeness (QED) is 0.412. The molecule has 166 valence electrons. The Labute approximate surface area is 192 Å². The Bertz CT molecular complexity index is 1370. The van der Waals surface area contributed by atoms with Crippen LogP contribution in [-0.2, 0) is 14.1 Å². The standard InChI is InChI=1S/C19H16BrF2N7O2S/c1-7-9(6-28(2)27-7)8-4-11(16(21)22)25-19-12(8)13(15(32-19)17(23)30)26-18(31)14-10(20)5-24-29(14)3/h4-6,16H,1-3H3,(H2,23,30)(H,26,31). The molecule has 4 aromatic heterocycles. The van der Waals surface area contributed by atoms with Gasteiger partial charge in [0.1, 0.15) is 21.1 Å². The number of hydrogen-bond acceptors (Lipinski definition) is 6. The van der Waals surface area contributed by atoms with E-state index >= 15 is 0 Å². The van der Waals surface area contributed by atoms with Gasteiger partial charge in [0.05, 0.1) is 22.1 Å². The zero-order chi connectivity index (χ0) is 23.3. The summed E-state index contributed by atoms with van der Waals surface area (Å²) < 4.78 is 30.5. The summed E-state index contributed by atoms with van der Waals surface area (Å²) in [5.41, 5.74) is 6.91. The van der Waals surface area contributed by atoms with Gasteiger partial charge in [-0.25, -0.2) is 13.8 Å².